The highest BCUT2D eigenvalue weighted by Gasteiger charge is 2.14. The Labute approximate surface area is 106 Å². The van der Waals surface area contributed by atoms with E-state index in [1.807, 2.05) is 0 Å². The van der Waals surface area contributed by atoms with E-state index in [9.17, 15) is 8.42 Å². The Morgan fingerprint density at radius 3 is 2.88 bits per heavy atom. The molecule has 0 aliphatic carbocycles. The van der Waals surface area contributed by atoms with E-state index < -0.39 is 10.0 Å². The zero-order chi connectivity index (χ0) is 12.7. The maximum Gasteiger partial charge on any atom is 0.243 e. The Morgan fingerprint density at radius 2 is 2.29 bits per heavy atom. The summed E-state index contributed by atoms with van der Waals surface area (Å²) in [6.45, 7) is 1.30. The molecule has 6 nitrogen and oxygen atoms in total. The number of sulfonamides is 1. The van der Waals surface area contributed by atoms with Gasteiger partial charge in [0.2, 0.25) is 10.0 Å². The van der Waals surface area contributed by atoms with E-state index in [1.54, 1.807) is 7.05 Å². The summed E-state index contributed by atoms with van der Waals surface area (Å²) in [5, 5.41) is 3.81. The molecular formula is C9H16ClN3O3S. The van der Waals surface area contributed by atoms with E-state index in [0.29, 0.717) is 32.1 Å². The fourth-order valence-electron chi connectivity index (χ4n) is 1.16. The van der Waals surface area contributed by atoms with Crippen LogP contribution in [0.4, 0.5) is 0 Å². The van der Waals surface area contributed by atoms with Crippen molar-refractivity contribution in [2.24, 2.45) is 7.05 Å². The third-order valence-corrected chi connectivity index (χ3v) is 3.54. The molecule has 98 valence electrons. The van der Waals surface area contributed by atoms with Crippen molar-refractivity contribution in [3.63, 3.8) is 0 Å². The van der Waals surface area contributed by atoms with E-state index in [2.05, 4.69) is 9.82 Å². The molecule has 0 spiro atoms. The first-order chi connectivity index (χ1) is 8.06. The second-order valence-corrected chi connectivity index (χ2v) is 5.55. The van der Waals surface area contributed by atoms with Crippen molar-refractivity contribution < 1.29 is 13.2 Å². The van der Waals surface area contributed by atoms with Gasteiger partial charge in [0, 0.05) is 32.3 Å². The molecule has 1 aromatic rings. The van der Waals surface area contributed by atoms with Crippen molar-refractivity contribution in [1.82, 2.24) is 14.5 Å². The summed E-state index contributed by atoms with van der Waals surface area (Å²) >= 11 is 5.42. The van der Waals surface area contributed by atoms with Crippen molar-refractivity contribution >= 4 is 21.6 Å². The summed E-state index contributed by atoms with van der Waals surface area (Å²) in [5.41, 5.74) is 0. The van der Waals surface area contributed by atoms with Crippen molar-refractivity contribution in [2.45, 2.75) is 11.3 Å². The zero-order valence-corrected chi connectivity index (χ0v) is 11.2. The molecule has 1 heterocycles. The molecule has 0 aliphatic rings. The third kappa shape index (κ3) is 5.03. The molecular weight excluding hydrogens is 266 g/mol. The summed E-state index contributed by atoms with van der Waals surface area (Å²) in [6.07, 6.45) is 3.37. The van der Waals surface area contributed by atoms with Crippen LogP contribution in [0.1, 0.15) is 6.42 Å². The molecule has 1 aromatic heterocycles. The minimum Gasteiger partial charge on any atom is -0.380 e. The van der Waals surface area contributed by atoms with Gasteiger partial charge in [0.1, 0.15) is 4.90 Å². The first-order valence-electron chi connectivity index (χ1n) is 5.18. The number of aromatic nitrogens is 2. The molecule has 0 radical (unpaired) electrons. The molecule has 0 unspecified atom stereocenters. The molecule has 0 atom stereocenters. The summed E-state index contributed by atoms with van der Waals surface area (Å²) in [6, 6.07) is 0. The van der Waals surface area contributed by atoms with Gasteiger partial charge in [-0.25, -0.2) is 13.1 Å². The van der Waals surface area contributed by atoms with Gasteiger partial charge in [-0.15, -0.1) is 11.6 Å². The first kappa shape index (κ1) is 14.4. The fraction of sp³-hybridized carbons (Fsp3) is 0.667. The number of alkyl halides is 1. The van der Waals surface area contributed by atoms with Crippen molar-refractivity contribution in [3.05, 3.63) is 12.4 Å². The second-order valence-electron chi connectivity index (χ2n) is 3.40. The summed E-state index contributed by atoms with van der Waals surface area (Å²) in [5.74, 6) is 0.446. The number of ether oxygens (including phenoxy) is 1. The SMILES string of the molecule is Cn1cc(S(=O)(=O)NCCCOCCCl)cn1. The lowest BCUT2D eigenvalue weighted by Crippen LogP contribution is -2.25. The van der Waals surface area contributed by atoms with Crippen LogP contribution < -0.4 is 4.72 Å². The van der Waals surface area contributed by atoms with Gasteiger partial charge in [0.25, 0.3) is 0 Å². The van der Waals surface area contributed by atoms with Crippen molar-refractivity contribution in [3.8, 4) is 0 Å². The average Bonchev–Trinajstić information content (AvgIpc) is 2.71. The first-order valence-corrected chi connectivity index (χ1v) is 7.20. The Bertz CT molecular complexity index is 432. The highest BCUT2D eigenvalue weighted by atomic mass is 35.5. The Morgan fingerprint density at radius 1 is 1.53 bits per heavy atom. The largest absolute Gasteiger partial charge is 0.380 e. The average molecular weight is 282 g/mol. The predicted molar refractivity (Wildman–Crippen MR) is 64.6 cm³/mol. The van der Waals surface area contributed by atoms with E-state index in [1.165, 1.54) is 17.1 Å². The quantitative estimate of drug-likeness (QED) is 0.551. The van der Waals surface area contributed by atoms with Crippen molar-refractivity contribution in [2.75, 3.05) is 25.6 Å². The molecule has 1 N–H and O–H groups in total. The van der Waals surface area contributed by atoms with Gasteiger partial charge in [0.15, 0.2) is 0 Å². The maximum absolute atomic E-state index is 11.7. The molecule has 0 amide bonds. The van der Waals surface area contributed by atoms with Crippen LogP contribution in [-0.2, 0) is 21.8 Å². The molecule has 0 fully saturated rings. The Balaban J connectivity index is 2.31. The summed E-state index contributed by atoms with van der Waals surface area (Å²) in [4.78, 5) is 0.168. The highest BCUT2D eigenvalue weighted by molar-refractivity contribution is 7.89. The second kappa shape index (κ2) is 6.95. The number of hydrogen-bond acceptors (Lipinski definition) is 4. The molecule has 17 heavy (non-hydrogen) atoms. The third-order valence-electron chi connectivity index (χ3n) is 1.97. The lowest BCUT2D eigenvalue weighted by atomic mass is 10.5. The summed E-state index contributed by atoms with van der Waals surface area (Å²) < 4.78 is 32.5. The monoisotopic (exact) mass is 281 g/mol. The zero-order valence-electron chi connectivity index (χ0n) is 9.60. The van der Waals surface area contributed by atoms with Crippen LogP contribution in [0.3, 0.4) is 0 Å². The maximum atomic E-state index is 11.7. The molecule has 1 rings (SSSR count). The summed E-state index contributed by atoms with van der Waals surface area (Å²) in [7, 11) is -1.78. The highest BCUT2D eigenvalue weighted by Crippen LogP contribution is 2.05. The van der Waals surface area contributed by atoms with Gasteiger partial charge in [0.05, 0.1) is 12.8 Å². The van der Waals surface area contributed by atoms with Crippen LogP contribution in [0.25, 0.3) is 0 Å². The minimum absolute atomic E-state index is 0.168. The van der Waals surface area contributed by atoms with Crippen LogP contribution in [0.5, 0.6) is 0 Å². The number of aryl methyl sites for hydroxylation is 1. The van der Waals surface area contributed by atoms with Crippen LogP contribution >= 0.6 is 11.6 Å². The molecule has 0 aromatic carbocycles. The van der Waals surface area contributed by atoms with Gasteiger partial charge in [-0.05, 0) is 6.42 Å². The van der Waals surface area contributed by atoms with Crippen LogP contribution in [0, 0.1) is 0 Å². The molecule has 0 aliphatic heterocycles. The van der Waals surface area contributed by atoms with Gasteiger partial charge in [-0.1, -0.05) is 0 Å². The number of halogens is 1. The molecule has 0 saturated carbocycles. The number of nitrogens with zero attached hydrogens (tertiary/aromatic N) is 2. The van der Waals surface area contributed by atoms with Gasteiger partial charge < -0.3 is 4.74 Å². The topological polar surface area (TPSA) is 73.2 Å². The van der Waals surface area contributed by atoms with Crippen LogP contribution in [0.15, 0.2) is 17.3 Å². The van der Waals surface area contributed by atoms with E-state index in [4.69, 9.17) is 16.3 Å². The minimum atomic E-state index is -3.45. The Kier molecular flexibility index (Phi) is 5.90. The standard InChI is InChI=1S/C9H16ClN3O3S/c1-13-8-9(7-11-13)17(14,15)12-4-2-5-16-6-3-10/h7-8,12H,2-6H2,1H3. The van der Waals surface area contributed by atoms with Crippen molar-refractivity contribution in [1.29, 1.82) is 0 Å². The normalized spacial score (nSPS) is 11.9. The van der Waals surface area contributed by atoms with Crippen LogP contribution in [0.2, 0.25) is 0 Å². The Hall–Kier alpha value is -0.630. The molecule has 8 heteroatoms. The number of nitrogens with one attached hydrogen (secondary N) is 1. The van der Waals surface area contributed by atoms with E-state index >= 15 is 0 Å². The van der Waals surface area contributed by atoms with Gasteiger partial charge in [-0.2, -0.15) is 5.10 Å². The number of rotatable bonds is 8. The van der Waals surface area contributed by atoms with Crippen LogP contribution in [-0.4, -0.2) is 43.8 Å². The lowest BCUT2D eigenvalue weighted by molar-refractivity contribution is 0.147. The van der Waals surface area contributed by atoms with E-state index in [-0.39, 0.29) is 4.90 Å². The molecule has 0 bridgehead atoms. The number of hydrogen-bond donors (Lipinski definition) is 1. The van der Waals surface area contributed by atoms with Gasteiger partial charge >= 0.3 is 0 Å². The van der Waals surface area contributed by atoms with E-state index in [0.717, 1.165) is 0 Å². The lowest BCUT2D eigenvalue weighted by Gasteiger charge is -2.04. The molecule has 0 saturated heterocycles. The van der Waals surface area contributed by atoms with Gasteiger partial charge in [-0.3, -0.25) is 4.68 Å². The fourth-order valence-corrected chi connectivity index (χ4v) is 2.32. The predicted octanol–water partition coefficient (Wildman–Crippen LogP) is 0.344. The smallest absolute Gasteiger partial charge is 0.243 e.